The van der Waals surface area contributed by atoms with Crippen molar-refractivity contribution in [3.63, 3.8) is 0 Å². The van der Waals surface area contributed by atoms with Crippen molar-refractivity contribution in [1.82, 2.24) is 19.4 Å². The van der Waals surface area contributed by atoms with Crippen LogP contribution in [0.3, 0.4) is 0 Å². The summed E-state index contributed by atoms with van der Waals surface area (Å²) in [7, 11) is 0. The number of imidazole rings is 1. The topological polar surface area (TPSA) is 60.2 Å². The summed E-state index contributed by atoms with van der Waals surface area (Å²) in [6, 6.07) is 5.80. The molecule has 0 saturated carbocycles. The summed E-state index contributed by atoms with van der Waals surface area (Å²) in [6.45, 7) is 4.70. The van der Waals surface area contributed by atoms with Crippen LogP contribution in [0.5, 0.6) is 0 Å². The first-order valence-electron chi connectivity index (χ1n) is 9.05. The number of amides is 1. The first-order chi connectivity index (χ1) is 12.3. The fourth-order valence-corrected chi connectivity index (χ4v) is 3.21. The maximum Gasteiger partial charge on any atom is 0.224 e. The second kappa shape index (κ2) is 8.76. The molecule has 134 valence electrons. The first-order valence-corrected chi connectivity index (χ1v) is 9.05. The van der Waals surface area contributed by atoms with E-state index in [1.807, 2.05) is 29.3 Å². The molecule has 0 unspecified atom stereocenters. The number of hydrogen-bond acceptors (Lipinski definition) is 4. The Balaban J connectivity index is 1.63. The summed E-state index contributed by atoms with van der Waals surface area (Å²) < 4.78 is 7.79. The molecule has 25 heavy (non-hydrogen) atoms. The SMILES string of the molecule is CCc1nccn1CCC(=O)N(Cc1ccccn1)C[C@@H]1CCCO1. The quantitative estimate of drug-likeness (QED) is 0.739. The highest BCUT2D eigenvalue weighted by atomic mass is 16.5. The van der Waals surface area contributed by atoms with E-state index in [1.165, 1.54) is 0 Å². The van der Waals surface area contributed by atoms with E-state index in [1.54, 1.807) is 12.4 Å². The van der Waals surface area contributed by atoms with Gasteiger partial charge in [0.05, 0.1) is 18.3 Å². The number of aromatic nitrogens is 3. The molecular weight excluding hydrogens is 316 g/mol. The van der Waals surface area contributed by atoms with E-state index in [0.717, 1.165) is 37.4 Å². The predicted molar refractivity (Wildman–Crippen MR) is 94.9 cm³/mol. The summed E-state index contributed by atoms with van der Waals surface area (Å²) in [5.41, 5.74) is 0.908. The Bertz CT molecular complexity index is 665. The van der Waals surface area contributed by atoms with Crippen molar-refractivity contribution in [2.24, 2.45) is 0 Å². The van der Waals surface area contributed by atoms with Gasteiger partial charge in [0.1, 0.15) is 5.82 Å². The largest absolute Gasteiger partial charge is 0.376 e. The molecule has 0 N–H and O–H groups in total. The van der Waals surface area contributed by atoms with E-state index in [-0.39, 0.29) is 12.0 Å². The molecule has 2 aromatic rings. The van der Waals surface area contributed by atoms with E-state index >= 15 is 0 Å². The highest BCUT2D eigenvalue weighted by Crippen LogP contribution is 2.16. The Hall–Kier alpha value is -2.21. The Morgan fingerprint density at radius 1 is 1.36 bits per heavy atom. The van der Waals surface area contributed by atoms with Gasteiger partial charge in [-0.2, -0.15) is 0 Å². The standard InChI is InChI=1S/C19H26N4O2/c1-2-18-21-10-12-22(18)11-8-19(24)23(15-17-7-5-13-25-17)14-16-6-3-4-9-20-16/h3-4,6,9-10,12,17H,2,5,7-8,11,13-15H2,1H3/t17-/m0/s1. The van der Waals surface area contributed by atoms with Crippen molar-refractivity contribution >= 4 is 5.91 Å². The lowest BCUT2D eigenvalue weighted by Crippen LogP contribution is -2.37. The molecule has 0 aromatic carbocycles. The van der Waals surface area contributed by atoms with Crippen LogP contribution < -0.4 is 0 Å². The van der Waals surface area contributed by atoms with Crippen molar-refractivity contribution in [3.05, 3.63) is 48.3 Å². The summed E-state index contributed by atoms with van der Waals surface area (Å²) in [6.07, 6.45) is 9.07. The van der Waals surface area contributed by atoms with Crippen LogP contribution in [0, 0.1) is 0 Å². The van der Waals surface area contributed by atoms with Crippen molar-refractivity contribution in [3.8, 4) is 0 Å². The van der Waals surface area contributed by atoms with Crippen molar-refractivity contribution in [2.75, 3.05) is 13.2 Å². The number of hydrogen-bond donors (Lipinski definition) is 0. The van der Waals surface area contributed by atoms with E-state index in [4.69, 9.17) is 4.74 Å². The molecule has 0 aliphatic carbocycles. The molecule has 6 nitrogen and oxygen atoms in total. The summed E-state index contributed by atoms with van der Waals surface area (Å²) in [5, 5.41) is 0. The Kier molecular flexibility index (Phi) is 6.17. The van der Waals surface area contributed by atoms with Gasteiger partial charge in [-0.05, 0) is 25.0 Å². The zero-order chi connectivity index (χ0) is 17.5. The fourth-order valence-electron chi connectivity index (χ4n) is 3.21. The minimum absolute atomic E-state index is 0.136. The Labute approximate surface area is 148 Å². The van der Waals surface area contributed by atoms with Gasteiger partial charge in [-0.1, -0.05) is 13.0 Å². The van der Waals surface area contributed by atoms with Crippen LogP contribution in [0.25, 0.3) is 0 Å². The summed E-state index contributed by atoms with van der Waals surface area (Å²) >= 11 is 0. The molecule has 0 bridgehead atoms. The predicted octanol–water partition coefficient (Wildman–Crippen LogP) is 2.44. The summed E-state index contributed by atoms with van der Waals surface area (Å²) in [4.78, 5) is 23.4. The van der Waals surface area contributed by atoms with E-state index in [9.17, 15) is 4.79 Å². The van der Waals surface area contributed by atoms with E-state index in [2.05, 4.69) is 21.5 Å². The van der Waals surface area contributed by atoms with Crippen LogP contribution in [0.1, 0.15) is 37.7 Å². The lowest BCUT2D eigenvalue weighted by atomic mass is 10.2. The molecule has 0 radical (unpaired) electrons. The average Bonchev–Trinajstić information content (AvgIpc) is 3.31. The molecule has 1 atom stereocenters. The molecule has 1 aliphatic rings. The number of rotatable bonds is 8. The summed E-state index contributed by atoms with van der Waals surface area (Å²) in [5.74, 6) is 1.15. The van der Waals surface area contributed by atoms with Crippen LogP contribution >= 0.6 is 0 Å². The molecule has 3 rings (SSSR count). The van der Waals surface area contributed by atoms with Gasteiger partial charge in [-0.15, -0.1) is 0 Å². The van der Waals surface area contributed by atoms with Gasteiger partial charge in [0, 0.05) is 51.1 Å². The zero-order valence-electron chi connectivity index (χ0n) is 14.8. The molecule has 2 aromatic heterocycles. The molecule has 1 saturated heterocycles. The Morgan fingerprint density at radius 2 is 2.28 bits per heavy atom. The van der Waals surface area contributed by atoms with Crippen molar-refractivity contribution in [1.29, 1.82) is 0 Å². The average molecular weight is 342 g/mol. The minimum atomic E-state index is 0.136. The smallest absolute Gasteiger partial charge is 0.224 e. The Morgan fingerprint density at radius 3 is 3.00 bits per heavy atom. The molecule has 1 amide bonds. The van der Waals surface area contributed by atoms with Gasteiger partial charge in [0.15, 0.2) is 0 Å². The van der Waals surface area contributed by atoms with E-state index in [0.29, 0.717) is 26.1 Å². The first kappa shape index (κ1) is 17.6. The number of nitrogens with zero attached hydrogens (tertiary/aromatic N) is 4. The van der Waals surface area contributed by atoms with Crippen molar-refractivity contribution in [2.45, 2.75) is 51.8 Å². The van der Waals surface area contributed by atoms with Crippen LogP contribution in [0.2, 0.25) is 0 Å². The highest BCUT2D eigenvalue weighted by molar-refractivity contribution is 5.76. The fraction of sp³-hybridized carbons (Fsp3) is 0.526. The highest BCUT2D eigenvalue weighted by Gasteiger charge is 2.23. The molecule has 6 heteroatoms. The van der Waals surface area contributed by atoms with Crippen LogP contribution in [-0.4, -0.2) is 44.6 Å². The normalized spacial score (nSPS) is 16.9. The van der Waals surface area contributed by atoms with Gasteiger partial charge in [-0.25, -0.2) is 4.98 Å². The van der Waals surface area contributed by atoms with Gasteiger partial charge in [-0.3, -0.25) is 9.78 Å². The van der Waals surface area contributed by atoms with Gasteiger partial charge in [0.25, 0.3) is 0 Å². The molecule has 3 heterocycles. The van der Waals surface area contributed by atoms with E-state index < -0.39 is 0 Å². The third kappa shape index (κ3) is 4.89. The molecular formula is C19H26N4O2. The maximum absolute atomic E-state index is 12.8. The second-order valence-electron chi connectivity index (χ2n) is 6.37. The van der Waals surface area contributed by atoms with Gasteiger partial charge < -0.3 is 14.2 Å². The van der Waals surface area contributed by atoms with Crippen LogP contribution in [0.15, 0.2) is 36.8 Å². The maximum atomic E-state index is 12.8. The lowest BCUT2D eigenvalue weighted by molar-refractivity contribution is -0.133. The third-order valence-electron chi connectivity index (χ3n) is 4.56. The molecule has 0 spiro atoms. The van der Waals surface area contributed by atoms with Gasteiger partial charge in [0.2, 0.25) is 5.91 Å². The number of pyridine rings is 1. The zero-order valence-corrected chi connectivity index (χ0v) is 14.8. The second-order valence-corrected chi connectivity index (χ2v) is 6.37. The molecule has 1 aliphatic heterocycles. The number of carbonyl (C=O) groups excluding carboxylic acids is 1. The third-order valence-corrected chi connectivity index (χ3v) is 4.56. The van der Waals surface area contributed by atoms with Crippen molar-refractivity contribution < 1.29 is 9.53 Å². The number of ether oxygens (including phenoxy) is 1. The van der Waals surface area contributed by atoms with Gasteiger partial charge >= 0.3 is 0 Å². The van der Waals surface area contributed by atoms with Crippen LogP contribution in [-0.2, 0) is 29.0 Å². The number of aryl methyl sites for hydroxylation is 2. The molecule has 1 fully saturated rings. The monoisotopic (exact) mass is 342 g/mol. The van der Waals surface area contributed by atoms with Crippen LogP contribution in [0.4, 0.5) is 0 Å². The number of carbonyl (C=O) groups is 1. The minimum Gasteiger partial charge on any atom is -0.376 e. The lowest BCUT2D eigenvalue weighted by Gasteiger charge is -2.25.